The number of carbonyl (C=O) groups excluding carboxylic acids is 1. The zero-order valence-electron chi connectivity index (χ0n) is 8.63. The summed E-state index contributed by atoms with van der Waals surface area (Å²) in [5.74, 6) is -0.366. The van der Waals surface area contributed by atoms with Gasteiger partial charge in [-0.3, -0.25) is 4.79 Å². The van der Waals surface area contributed by atoms with Gasteiger partial charge in [-0.25, -0.2) is 0 Å². The zero-order valence-corrected chi connectivity index (χ0v) is 8.63. The fourth-order valence-electron chi connectivity index (χ4n) is 0.914. The minimum absolute atomic E-state index is 0.335. The van der Waals surface area contributed by atoms with Gasteiger partial charge >= 0.3 is 0 Å². The van der Waals surface area contributed by atoms with Crippen molar-refractivity contribution < 1.29 is 9.90 Å². The zero-order chi connectivity index (χ0) is 10.5. The number of primary amides is 1. The summed E-state index contributed by atoms with van der Waals surface area (Å²) in [5, 5.41) is 12.6. The van der Waals surface area contributed by atoms with Crippen LogP contribution in [0.5, 0.6) is 0 Å². The molecule has 4 N–H and O–H groups in total. The van der Waals surface area contributed by atoms with Gasteiger partial charge in [-0.05, 0) is 19.8 Å². The number of rotatable bonds is 6. The highest BCUT2D eigenvalue weighted by atomic mass is 16.3. The molecule has 0 saturated heterocycles. The van der Waals surface area contributed by atoms with E-state index in [-0.39, 0.29) is 11.9 Å². The van der Waals surface area contributed by atoms with E-state index in [1.165, 1.54) is 0 Å². The molecule has 0 aromatic heterocycles. The van der Waals surface area contributed by atoms with E-state index in [1.54, 1.807) is 6.92 Å². The molecule has 0 saturated carbocycles. The van der Waals surface area contributed by atoms with Gasteiger partial charge in [0.15, 0.2) is 0 Å². The summed E-state index contributed by atoms with van der Waals surface area (Å²) in [6.07, 6.45) is 1.30. The van der Waals surface area contributed by atoms with Gasteiger partial charge in [0.25, 0.3) is 0 Å². The number of nitrogens with one attached hydrogen (secondary N) is 1. The molecule has 4 heteroatoms. The van der Waals surface area contributed by atoms with Crippen LogP contribution in [0.2, 0.25) is 0 Å². The van der Waals surface area contributed by atoms with Gasteiger partial charge in [-0.2, -0.15) is 0 Å². The maximum Gasteiger partial charge on any atom is 0.234 e. The number of carbonyl (C=O) groups is 1. The summed E-state index contributed by atoms with van der Waals surface area (Å²) >= 11 is 0. The van der Waals surface area contributed by atoms with E-state index in [2.05, 4.69) is 5.32 Å². The maximum atomic E-state index is 10.8. The highest BCUT2D eigenvalue weighted by Crippen LogP contribution is 2.06. The maximum absolute atomic E-state index is 10.8. The monoisotopic (exact) mass is 188 g/mol. The number of nitrogens with two attached hydrogens (primary N) is 1. The molecular formula is C9H20N2O2. The third-order valence-electron chi connectivity index (χ3n) is 2.24. The van der Waals surface area contributed by atoms with E-state index >= 15 is 0 Å². The van der Waals surface area contributed by atoms with Crippen LogP contribution in [-0.4, -0.2) is 29.2 Å². The Hall–Kier alpha value is -0.610. The van der Waals surface area contributed by atoms with Crippen molar-refractivity contribution >= 4 is 5.91 Å². The average Bonchev–Trinajstić information content (AvgIpc) is 2.05. The fraction of sp³-hybridized carbons (Fsp3) is 0.889. The Morgan fingerprint density at radius 3 is 2.46 bits per heavy atom. The van der Waals surface area contributed by atoms with Gasteiger partial charge in [0.2, 0.25) is 5.91 Å². The molecule has 78 valence electrons. The first-order valence-corrected chi connectivity index (χ1v) is 4.68. The Kier molecular flexibility index (Phi) is 4.95. The second kappa shape index (κ2) is 5.19. The van der Waals surface area contributed by atoms with Crippen LogP contribution in [0.15, 0.2) is 0 Å². The Balaban J connectivity index is 3.92. The molecule has 0 aliphatic rings. The summed E-state index contributed by atoms with van der Waals surface area (Å²) in [6.45, 7) is 5.90. The molecule has 2 atom stereocenters. The highest BCUT2D eigenvalue weighted by molar-refractivity contribution is 5.79. The van der Waals surface area contributed by atoms with Gasteiger partial charge in [0.05, 0.1) is 11.6 Å². The normalized spacial score (nSPS) is 17.8. The van der Waals surface area contributed by atoms with Crippen LogP contribution in [0.4, 0.5) is 0 Å². The molecule has 0 aromatic rings. The summed E-state index contributed by atoms with van der Waals surface area (Å²) < 4.78 is 0. The Morgan fingerprint density at radius 1 is 1.62 bits per heavy atom. The van der Waals surface area contributed by atoms with Crippen molar-refractivity contribution in [2.24, 2.45) is 5.73 Å². The molecule has 2 unspecified atom stereocenters. The third-order valence-corrected chi connectivity index (χ3v) is 2.24. The lowest BCUT2D eigenvalue weighted by molar-refractivity contribution is -0.120. The molecule has 0 fully saturated rings. The molecule has 13 heavy (non-hydrogen) atoms. The lowest BCUT2D eigenvalue weighted by Crippen LogP contribution is -2.47. The van der Waals surface area contributed by atoms with Crippen LogP contribution in [0.1, 0.15) is 33.6 Å². The van der Waals surface area contributed by atoms with Crippen molar-refractivity contribution in [3.05, 3.63) is 0 Å². The molecule has 4 nitrogen and oxygen atoms in total. The molecule has 0 bridgehead atoms. The number of amides is 1. The Labute approximate surface area is 79.5 Å². The van der Waals surface area contributed by atoms with Crippen molar-refractivity contribution in [3.8, 4) is 0 Å². The van der Waals surface area contributed by atoms with Crippen molar-refractivity contribution in [3.63, 3.8) is 0 Å². The van der Waals surface area contributed by atoms with Crippen LogP contribution in [-0.2, 0) is 4.79 Å². The molecule has 0 rings (SSSR count). The van der Waals surface area contributed by atoms with E-state index in [1.807, 2.05) is 13.8 Å². The second-order valence-electron chi connectivity index (χ2n) is 3.59. The first kappa shape index (κ1) is 12.4. The summed E-state index contributed by atoms with van der Waals surface area (Å²) in [6, 6.07) is -0.335. The smallest absolute Gasteiger partial charge is 0.234 e. The molecular weight excluding hydrogens is 168 g/mol. The minimum Gasteiger partial charge on any atom is -0.389 e. The quantitative estimate of drug-likeness (QED) is 0.549. The van der Waals surface area contributed by atoms with E-state index in [9.17, 15) is 9.90 Å². The fourth-order valence-corrected chi connectivity index (χ4v) is 0.914. The standard InChI is InChI=1S/C9H20N2O2/c1-4-7(8(10)12)11-6-9(3,13)5-2/h7,11,13H,4-6H2,1-3H3,(H2,10,12). The van der Waals surface area contributed by atoms with Gasteiger partial charge in [-0.15, -0.1) is 0 Å². The topological polar surface area (TPSA) is 75.3 Å². The van der Waals surface area contributed by atoms with Gasteiger partial charge in [0, 0.05) is 6.54 Å². The lowest BCUT2D eigenvalue weighted by Gasteiger charge is -2.24. The SMILES string of the molecule is CCC(NCC(C)(O)CC)C(N)=O. The summed E-state index contributed by atoms with van der Waals surface area (Å²) in [7, 11) is 0. The number of aliphatic hydroxyl groups is 1. The predicted molar refractivity (Wildman–Crippen MR) is 52.2 cm³/mol. The van der Waals surface area contributed by atoms with Crippen LogP contribution < -0.4 is 11.1 Å². The molecule has 0 aliphatic heterocycles. The Morgan fingerprint density at radius 2 is 2.15 bits per heavy atom. The minimum atomic E-state index is -0.761. The van der Waals surface area contributed by atoms with E-state index in [4.69, 9.17) is 5.73 Å². The van der Waals surface area contributed by atoms with E-state index < -0.39 is 5.60 Å². The van der Waals surface area contributed by atoms with Gasteiger partial charge in [-0.1, -0.05) is 13.8 Å². The first-order chi connectivity index (χ1) is 5.93. The number of hydrogen-bond acceptors (Lipinski definition) is 3. The van der Waals surface area contributed by atoms with Crippen LogP contribution >= 0.6 is 0 Å². The van der Waals surface area contributed by atoms with Crippen LogP contribution in [0, 0.1) is 0 Å². The van der Waals surface area contributed by atoms with Crippen LogP contribution in [0.25, 0.3) is 0 Å². The molecule has 1 amide bonds. The Bertz CT molecular complexity index is 169. The van der Waals surface area contributed by atoms with Crippen molar-refractivity contribution in [2.45, 2.75) is 45.3 Å². The van der Waals surface area contributed by atoms with Gasteiger partial charge in [0.1, 0.15) is 0 Å². The van der Waals surface area contributed by atoms with Crippen molar-refractivity contribution in [1.29, 1.82) is 0 Å². The van der Waals surface area contributed by atoms with Crippen molar-refractivity contribution in [2.75, 3.05) is 6.54 Å². The second-order valence-corrected chi connectivity index (χ2v) is 3.59. The first-order valence-electron chi connectivity index (χ1n) is 4.68. The molecule has 0 aromatic carbocycles. The van der Waals surface area contributed by atoms with Crippen LogP contribution in [0.3, 0.4) is 0 Å². The lowest BCUT2D eigenvalue weighted by atomic mass is 10.0. The average molecular weight is 188 g/mol. The summed E-state index contributed by atoms with van der Waals surface area (Å²) in [4.78, 5) is 10.8. The largest absolute Gasteiger partial charge is 0.389 e. The predicted octanol–water partition coefficient (Wildman–Crippen LogP) is 0.000900. The molecule has 0 spiro atoms. The third kappa shape index (κ3) is 4.85. The highest BCUT2D eigenvalue weighted by Gasteiger charge is 2.20. The van der Waals surface area contributed by atoms with Gasteiger partial charge < -0.3 is 16.2 Å². The van der Waals surface area contributed by atoms with E-state index in [0.717, 1.165) is 0 Å². The van der Waals surface area contributed by atoms with E-state index in [0.29, 0.717) is 19.4 Å². The summed E-state index contributed by atoms with van der Waals surface area (Å²) in [5.41, 5.74) is 4.37. The van der Waals surface area contributed by atoms with Crippen molar-refractivity contribution in [1.82, 2.24) is 5.32 Å². The number of hydrogen-bond donors (Lipinski definition) is 3. The molecule has 0 radical (unpaired) electrons. The molecule has 0 aliphatic carbocycles. The molecule has 0 heterocycles.